The van der Waals surface area contributed by atoms with E-state index >= 15 is 0 Å². The normalized spacial score (nSPS) is 11.2. The molecule has 1 aromatic heterocycles. The van der Waals surface area contributed by atoms with Crippen molar-refractivity contribution in [3.8, 4) is 0 Å². The Balaban J connectivity index is 2.05. The monoisotopic (exact) mass is 282 g/mol. The molecule has 0 amide bonds. The van der Waals surface area contributed by atoms with Crippen LogP contribution in [0.3, 0.4) is 0 Å². The quantitative estimate of drug-likeness (QED) is 0.687. The predicted molar refractivity (Wildman–Crippen MR) is 82.9 cm³/mol. The first-order valence-electron chi connectivity index (χ1n) is 6.18. The van der Waals surface area contributed by atoms with Crippen molar-refractivity contribution < 1.29 is 4.42 Å². The summed E-state index contributed by atoms with van der Waals surface area (Å²) in [5.41, 5.74) is 1.99. The molecule has 0 fully saturated rings. The van der Waals surface area contributed by atoms with Crippen LogP contribution in [0, 0.1) is 0 Å². The van der Waals surface area contributed by atoms with Gasteiger partial charge in [-0.05, 0) is 23.8 Å². The van der Waals surface area contributed by atoms with Gasteiger partial charge in [-0.15, -0.1) is 0 Å². The summed E-state index contributed by atoms with van der Waals surface area (Å²) in [5, 5.41) is 1.08. The molecule has 1 heterocycles. The predicted octanol–water partition coefficient (Wildman–Crippen LogP) is 4.62. The summed E-state index contributed by atoms with van der Waals surface area (Å²) in [6.07, 6.45) is 5.10. The van der Waals surface area contributed by atoms with E-state index in [9.17, 15) is 4.79 Å². The zero-order valence-electron chi connectivity index (χ0n) is 10.5. The highest BCUT2D eigenvalue weighted by Crippen LogP contribution is 2.18. The molecule has 0 bridgehead atoms. The van der Waals surface area contributed by atoms with Crippen molar-refractivity contribution in [3.05, 3.63) is 81.2 Å². The Bertz CT molecular complexity index is 832. The van der Waals surface area contributed by atoms with Crippen molar-refractivity contribution in [1.82, 2.24) is 0 Å². The van der Waals surface area contributed by atoms with E-state index in [1.807, 2.05) is 36.4 Å². The van der Waals surface area contributed by atoms with E-state index in [4.69, 9.17) is 16.0 Å². The first-order chi connectivity index (χ1) is 9.74. The van der Waals surface area contributed by atoms with Crippen molar-refractivity contribution in [2.45, 2.75) is 0 Å². The molecule has 3 rings (SSSR count). The lowest BCUT2D eigenvalue weighted by molar-refractivity contribution is 0.601. The van der Waals surface area contributed by atoms with Crippen molar-refractivity contribution >= 4 is 34.7 Å². The van der Waals surface area contributed by atoms with Gasteiger partial charge in [-0.25, -0.2) is 0 Å². The lowest BCUT2D eigenvalue weighted by Gasteiger charge is -1.99. The summed E-state index contributed by atoms with van der Waals surface area (Å²) in [7, 11) is 0. The van der Waals surface area contributed by atoms with Crippen LogP contribution in [0.5, 0.6) is 0 Å². The molecule has 0 atom stereocenters. The molecule has 3 heteroatoms. The molecule has 0 saturated heterocycles. The summed E-state index contributed by atoms with van der Waals surface area (Å²) in [6.45, 7) is 0. The molecule has 3 aromatic rings. The van der Waals surface area contributed by atoms with Gasteiger partial charge < -0.3 is 4.42 Å². The third-order valence-electron chi connectivity index (χ3n) is 3.02. The fraction of sp³-hybridized carbons (Fsp3) is 0. The van der Waals surface area contributed by atoms with Gasteiger partial charge >= 0.3 is 0 Å². The van der Waals surface area contributed by atoms with E-state index in [1.54, 1.807) is 24.3 Å². The molecule has 0 aliphatic heterocycles. The molecule has 2 nitrogen and oxygen atoms in total. The van der Waals surface area contributed by atoms with Gasteiger partial charge in [-0.2, -0.15) is 0 Å². The molecular formula is C17H11ClO2. The van der Waals surface area contributed by atoms with E-state index in [2.05, 4.69) is 0 Å². The molecule has 0 radical (unpaired) electrons. The van der Waals surface area contributed by atoms with E-state index in [0.717, 1.165) is 5.56 Å². The number of halogens is 1. The van der Waals surface area contributed by atoms with Gasteiger partial charge in [0.05, 0.1) is 10.9 Å². The van der Waals surface area contributed by atoms with Crippen LogP contribution in [-0.2, 0) is 0 Å². The Morgan fingerprint density at radius 3 is 2.60 bits per heavy atom. The van der Waals surface area contributed by atoms with Gasteiger partial charge in [-0.1, -0.05) is 48.0 Å². The van der Waals surface area contributed by atoms with Gasteiger partial charge in [0.2, 0.25) is 0 Å². The first-order valence-corrected chi connectivity index (χ1v) is 6.56. The second kappa shape index (κ2) is 5.35. The zero-order chi connectivity index (χ0) is 13.9. The van der Waals surface area contributed by atoms with Gasteiger partial charge in [0, 0.05) is 11.1 Å². The van der Waals surface area contributed by atoms with Gasteiger partial charge in [0.25, 0.3) is 0 Å². The van der Waals surface area contributed by atoms with Crippen LogP contribution in [-0.4, -0.2) is 0 Å². The number of hydrogen-bond acceptors (Lipinski definition) is 2. The van der Waals surface area contributed by atoms with Crippen LogP contribution in [0.1, 0.15) is 11.1 Å². The van der Waals surface area contributed by atoms with Crippen LogP contribution in [0.4, 0.5) is 0 Å². The van der Waals surface area contributed by atoms with Crippen molar-refractivity contribution in [3.63, 3.8) is 0 Å². The Morgan fingerprint density at radius 1 is 1.00 bits per heavy atom. The fourth-order valence-electron chi connectivity index (χ4n) is 1.98. The highest BCUT2D eigenvalue weighted by Gasteiger charge is 2.05. The van der Waals surface area contributed by atoms with Crippen molar-refractivity contribution in [2.75, 3.05) is 0 Å². The van der Waals surface area contributed by atoms with Crippen LogP contribution < -0.4 is 5.43 Å². The maximum atomic E-state index is 12.3. The maximum Gasteiger partial charge on any atom is 0.199 e. The summed E-state index contributed by atoms with van der Waals surface area (Å²) in [6, 6.07) is 14.8. The molecule has 20 heavy (non-hydrogen) atoms. The number of hydrogen-bond donors (Lipinski definition) is 0. The van der Waals surface area contributed by atoms with Gasteiger partial charge in [0.1, 0.15) is 11.8 Å². The number of benzene rings is 2. The number of fused-ring (bicyclic) bond motifs is 1. The third kappa shape index (κ3) is 2.51. The van der Waals surface area contributed by atoms with Crippen LogP contribution >= 0.6 is 11.6 Å². The minimum absolute atomic E-state index is 0.0601. The number of rotatable bonds is 2. The van der Waals surface area contributed by atoms with Crippen LogP contribution in [0.15, 0.2) is 64.0 Å². The first kappa shape index (κ1) is 12.7. The Labute approximate surface area is 120 Å². The topological polar surface area (TPSA) is 30.2 Å². The highest BCUT2D eigenvalue weighted by atomic mass is 35.5. The van der Waals surface area contributed by atoms with Crippen molar-refractivity contribution in [1.29, 1.82) is 0 Å². The van der Waals surface area contributed by atoms with Crippen LogP contribution in [0.25, 0.3) is 23.1 Å². The smallest absolute Gasteiger partial charge is 0.199 e. The van der Waals surface area contributed by atoms with Gasteiger partial charge in [0.15, 0.2) is 5.43 Å². The lowest BCUT2D eigenvalue weighted by atomic mass is 10.1. The molecule has 98 valence electrons. The molecule has 0 aliphatic carbocycles. The highest BCUT2D eigenvalue weighted by molar-refractivity contribution is 6.31. The lowest BCUT2D eigenvalue weighted by Crippen LogP contribution is -2.04. The molecular weight excluding hydrogens is 272 g/mol. The standard InChI is InChI=1S/C17H11ClO2/c18-14-8-9-15-16(10-14)20-11-13(17(15)19)7-6-12-4-2-1-3-5-12/h1-11H/b7-6+. The second-order valence-electron chi connectivity index (χ2n) is 4.40. The Hall–Kier alpha value is -2.32. The summed E-state index contributed by atoms with van der Waals surface area (Å²) in [4.78, 5) is 12.3. The molecule has 0 aliphatic rings. The zero-order valence-corrected chi connectivity index (χ0v) is 11.3. The van der Waals surface area contributed by atoms with E-state index in [0.29, 0.717) is 21.6 Å². The second-order valence-corrected chi connectivity index (χ2v) is 4.84. The van der Waals surface area contributed by atoms with E-state index in [-0.39, 0.29) is 5.43 Å². The van der Waals surface area contributed by atoms with Crippen molar-refractivity contribution in [2.24, 2.45) is 0 Å². The van der Waals surface area contributed by atoms with Gasteiger partial charge in [-0.3, -0.25) is 4.79 Å². The summed E-state index contributed by atoms with van der Waals surface area (Å²) in [5.74, 6) is 0. The maximum absolute atomic E-state index is 12.3. The SMILES string of the molecule is O=c1c(/C=C/c2ccccc2)coc2cc(Cl)ccc12. The minimum Gasteiger partial charge on any atom is -0.463 e. The molecule has 0 saturated carbocycles. The molecule has 0 unspecified atom stereocenters. The van der Waals surface area contributed by atoms with E-state index in [1.165, 1.54) is 6.26 Å². The minimum atomic E-state index is -0.0601. The molecule has 0 spiro atoms. The summed E-state index contributed by atoms with van der Waals surface area (Å²) < 4.78 is 5.46. The third-order valence-corrected chi connectivity index (χ3v) is 3.25. The Morgan fingerprint density at radius 2 is 1.80 bits per heavy atom. The fourth-order valence-corrected chi connectivity index (χ4v) is 2.14. The van der Waals surface area contributed by atoms with Crippen LogP contribution in [0.2, 0.25) is 5.02 Å². The average Bonchev–Trinajstić information content (AvgIpc) is 2.47. The Kier molecular flexibility index (Phi) is 3.40. The molecule has 0 N–H and O–H groups in total. The molecule has 2 aromatic carbocycles. The average molecular weight is 283 g/mol. The summed E-state index contributed by atoms with van der Waals surface area (Å²) >= 11 is 5.88. The largest absolute Gasteiger partial charge is 0.463 e. The van der Waals surface area contributed by atoms with E-state index < -0.39 is 0 Å².